The van der Waals surface area contributed by atoms with Crippen LogP contribution in [-0.2, 0) is 7.05 Å². The SMILES string of the molecule is CNc1nnc(-c2ccc(Cl)cc2N)n1C. The van der Waals surface area contributed by atoms with Gasteiger partial charge >= 0.3 is 0 Å². The summed E-state index contributed by atoms with van der Waals surface area (Å²) in [6.07, 6.45) is 0. The minimum absolute atomic E-state index is 0.589. The second-order valence-electron chi connectivity index (χ2n) is 3.39. The molecule has 1 aromatic heterocycles. The van der Waals surface area contributed by atoms with Crippen molar-refractivity contribution in [2.75, 3.05) is 18.1 Å². The van der Waals surface area contributed by atoms with Crippen molar-refractivity contribution in [1.82, 2.24) is 14.8 Å². The third-order valence-corrected chi connectivity index (χ3v) is 2.59. The number of hydrogen-bond donors (Lipinski definition) is 2. The van der Waals surface area contributed by atoms with Crippen LogP contribution in [0, 0.1) is 0 Å². The second kappa shape index (κ2) is 4.02. The van der Waals surface area contributed by atoms with E-state index < -0.39 is 0 Å². The van der Waals surface area contributed by atoms with Crippen LogP contribution in [0.3, 0.4) is 0 Å². The van der Waals surface area contributed by atoms with Gasteiger partial charge in [0.15, 0.2) is 5.82 Å². The van der Waals surface area contributed by atoms with E-state index in [1.54, 1.807) is 19.2 Å². The lowest BCUT2D eigenvalue weighted by atomic mass is 10.1. The summed E-state index contributed by atoms with van der Waals surface area (Å²) in [6.45, 7) is 0. The van der Waals surface area contributed by atoms with Gasteiger partial charge < -0.3 is 11.1 Å². The summed E-state index contributed by atoms with van der Waals surface area (Å²) in [4.78, 5) is 0. The largest absolute Gasteiger partial charge is 0.398 e. The number of rotatable bonds is 2. The van der Waals surface area contributed by atoms with Gasteiger partial charge in [0.2, 0.25) is 5.95 Å². The quantitative estimate of drug-likeness (QED) is 0.781. The average Bonchev–Trinajstić information content (AvgIpc) is 2.60. The van der Waals surface area contributed by atoms with Crippen LogP contribution >= 0.6 is 11.6 Å². The average molecular weight is 238 g/mol. The van der Waals surface area contributed by atoms with E-state index in [0.29, 0.717) is 22.5 Å². The fourth-order valence-corrected chi connectivity index (χ4v) is 1.70. The first-order valence-corrected chi connectivity index (χ1v) is 5.14. The third-order valence-electron chi connectivity index (χ3n) is 2.35. The molecule has 0 aliphatic heterocycles. The number of nitrogens with zero attached hydrogens (tertiary/aromatic N) is 3. The molecule has 3 N–H and O–H groups in total. The lowest BCUT2D eigenvalue weighted by molar-refractivity contribution is 0.925. The topological polar surface area (TPSA) is 68.8 Å². The molecule has 2 aromatic rings. The molecule has 2 rings (SSSR count). The van der Waals surface area contributed by atoms with E-state index >= 15 is 0 Å². The molecule has 0 aliphatic rings. The molecule has 0 fully saturated rings. The third kappa shape index (κ3) is 1.69. The molecule has 5 nitrogen and oxygen atoms in total. The van der Waals surface area contributed by atoms with Crippen molar-refractivity contribution >= 4 is 23.2 Å². The van der Waals surface area contributed by atoms with Crippen LogP contribution < -0.4 is 11.1 Å². The van der Waals surface area contributed by atoms with Crippen molar-refractivity contribution in [1.29, 1.82) is 0 Å². The van der Waals surface area contributed by atoms with Gasteiger partial charge in [-0.05, 0) is 18.2 Å². The molecule has 16 heavy (non-hydrogen) atoms. The molecule has 0 saturated heterocycles. The van der Waals surface area contributed by atoms with E-state index in [-0.39, 0.29) is 0 Å². The molecule has 6 heteroatoms. The van der Waals surface area contributed by atoms with Gasteiger partial charge in [-0.15, -0.1) is 10.2 Å². The maximum atomic E-state index is 5.89. The van der Waals surface area contributed by atoms with Crippen LogP contribution in [0.15, 0.2) is 18.2 Å². The first kappa shape index (κ1) is 10.8. The molecule has 1 heterocycles. The van der Waals surface area contributed by atoms with E-state index in [0.717, 1.165) is 5.56 Å². The summed E-state index contributed by atoms with van der Waals surface area (Å²) >= 11 is 5.84. The van der Waals surface area contributed by atoms with Gasteiger partial charge in [-0.3, -0.25) is 4.57 Å². The van der Waals surface area contributed by atoms with Gasteiger partial charge in [0.1, 0.15) is 0 Å². The van der Waals surface area contributed by atoms with Gasteiger partial charge in [-0.25, -0.2) is 0 Å². The molecule has 0 radical (unpaired) electrons. The van der Waals surface area contributed by atoms with E-state index in [4.69, 9.17) is 17.3 Å². The van der Waals surface area contributed by atoms with E-state index in [1.807, 2.05) is 17.7 Å². The van der Waals surface area contributed by atoms with E-state index in [1.165, 1.54) is 0 Å². The van der Waals surface area contributed by atoms with Crippen molar-refractivity contribution in [2.24, 2.45) is 7.05 Å². The Kier molecular flexibility index (Phi) is 2.70. The standard InChI is InChI=1S/C10H12ClN5/c1-13-10-15-14-9(16(10)2)7-4-3-6(11)5-8(7)12/h3-5H,12H2,1-2H3,(H,13,15). The summed E-state index contributed by atoms with van der Waals surface area (Å²) in [6, 6.07) is 5.31. The second-order valence-corrected chi connectivity index (χ2v) is 3.82. The zero-order chi connectivity index (χ0) is 11.7. The zero-order valence-corrected chi connectivity index (χ0v) is 9.78. The van der Waals surface area contributed by atoms with Gasteiger partial charge in [-0.1, -0.05) is 11.6 Å². The first-order valence-electron chi connectivity index (χ1n) is 4.76. The van der Waals surface area contributed by atoms with E-state index in [2.05, 4.69) is 15.5 Å². The fourth-order valence-electron chi connectivity index (χ4n) is 1.52. The number of aromatic nitrogens is 3. The van der Waals surface area contributed by atoms with Gasteiger partial charge in [-0.2, -0.15) is 0 Å². The Hall–Kier alpha value is -1.75. The molecule has 0 saturated carbocycles. The molecule has 0 spiro atoms. The molecular formula is C10H12ClN5. The van der Waals surface area contributed by atoms with Crippen LogP contribution in [0.4, 0.5) is 11.6 Å². The van der Waals surface area contributed by atoms with Crippen molar-refractivity contribution < 1.29 is 0 Å². The Bertz CT molecular complexity index is 520. The molecule has 0 bridgehead atoms. The number of nitrogens with one attached hydrogen (secondary N) is 1. The van der Waals surface area contributed by atoms with Crippen LogP contribution in [-0.4, -0.2) is 21.8 Å². The summed E-state index contributed by atoms with van der Waals surface area (Å²) in [5, 5.41) is 11.6. The highest BCUT2D eigenvalue weighted by Gasteiger charge is 2.12. The number of halogens is 1. The lowest BCUT2D eigenvalue weighted by Gasteiger charge is -2.06. The van der Waals surface area contributed by atoms with Crippen molar-refractivity contribution in [3.63, 3.8) is 0 Å². The van der Waals surface area contributed by atoms with Crippen molar-refractivity contribution in [3.05, 3.63) is 23.2 Å². The summed E-state index contributed by atoms with van der Waals surface area (Å²) in [7, 11) is 3.66. The molecule has 1 aromatic carbocycles. The minimum Gasteiger partial charge on any atom is -0.398 e. The first-order chi connectivity index (χ1) is 7.63. The Labute approximate surface area is 98.2 Å². The Morgan fingerprint density at radius 3 is 2.69 bits per heavy atom. The minimum atomic E-state index is 0.589. The van der Waals surface area contributed by atoms with Crippen LogP contribution in [0.2, 0.25) is 5.02 Å². The number of nitrogen functional groups attached to an aromatic ring is 1. The normalized spacial score (nSPS) is 10.4. The Morgan fingerprint density at radius 2 is 2.12 bits per heavy atom. The smallest absolute Gasteiger partial charge is 0.224 e. The summed E-state index contributed by atoms with van der Waals surface area (Å²) in [5.74, 6) is 1.39. The molecule has 0 unspecified atom stereocenters. The Balaban J connectivity index is 2.54. The molecule has 84 valence electrons. The van der Waals surface area contributed by atoms with Gasteiger partial charge in [0, 0.05) is 30.4 Å². The van der Waals surface area contributed by atoms with Crippen LogP contribution in [0.1, 0.15) is 0 Å². The number of anilines is 2. The fraction of sp³-hybridized carbons (Fsp3) is 0.200. The molecular weight excluding hydrogens is 226 g/mol. The van der Waals surface area contributed by atoms with Crippen molar-refractivity contribution in [2.45, 2.75) is 0 Å². The highest BCUT2D eigenvalue weighted by atomic mass is 35.5. The zero-order valence-electron chi connectivity index (χ0n) is 9.03. The van der Waals surface area contributed by atoms with Crippen molar-refractivity contribution in [3.8, 4) is 11.4 Å². The predicted molar refractivity (Wildman–Crippen MR) is 65.4 cm³/mol. The highest BCUT2D eigenvalue weighted by Crippen LogP contribution is 2.27. The van der Waals surface area contributed by atoms with Gasteiger partial charge in [0.25, 0.3) is 0 Å². The Morgan fingerprint density at radius 1 is 1.38 bits per heavy atom. The van der Waals surface area contributed by atoms with E-state index in [9.17, 15) is 0 Å². The lowest BCUT2D eigenvalue weighted by Crippen LogP contribution is -2.01. The van der Waals surface area contributed by atoms with Crippen LogP contribution in [0.25, 0.3) is 11.4 Å². The number of benzene rings is 1. The molecule has 0 atom stereocenters. The number of nitrogens with two attached hydrogens (primary N) is 1. The van der Waals surface area contributed by atoms with Crippen LogP contribution in [0.5, 0.6) is 0 Å². The molecule has 0 aliphatic carbocycles. The maximum absolute atomic E-state index is 5.89. The summed E-state index contributed by atoms with van der Waals surface area (Å²) < 4.78 is 1.83. The monoisotopic (exact) mass is 237 g/mol. The number of hydrogen-bond acceptors (Lipinski definition) is 4. The molecule has 0 amide bonds. The maximum Gasteiger partial charge on any atom is 0.224 e. The highest BCUT2D eigenvalue weighted by molar-refractivity contribution is 6.31. The predicted octanol–water partition coefficient (Wildman–Crippen LogP) is 1.76. The van der Waals surface area contributed by atoms with Gasteiger partial charge in [0.05, 0.1) is 0 Å². The summed E-state index contributed by atoms with van der Waals surface area (Å²) in [5.41, 5.74) is 7.30.